The number of carbonyl (C=O) groups excluding carboxylic acids is 4. The van der Waals surface area contributed by atoms with Crippen LogP contribution in [0.15, 0.2) is 24.3 Å². The number of hydrogen-bond acceptors (Lipinski definition) is 5. The van der Waals surface area contributed by atoms with E-state index in [1.54, 1.807) is 12.1 Å². The number of rotatable bonds is 6. The van der Waals surface area contributed by atoms with Crippen LogP contribution in [-0.2, 0) is 20.9 Å². The molecule has 2 atom stereocenters. The molecule has 150 valence electrons. The molecule has 1 N–H and O–H groups in total. The molecule has 1 saturated heterocycles. The Labute approximate surface area is 163 Å². The topological polar surface area (TPSA) is 96.0 Å². The van der Waals surface area contributed by atoms with Crippen LogP contribution >= 0.6 is 0 Å². The predicted molar refractivity (Wildman–Crippen MR) is 100 cm³/mol. The van der Waals surface area contributed by atoms with Gasteiger partial charge in [-0.25, -0.2) is 9.69 Å². The molecule has 8 nitrogen and oxygen atoms in total. The van der Waals surface area contributed by atoms with Gasteiger partial charge < -0.3 is 10.1 Å². The molecule has 1 aromatic rings. The van der Waals surface area contributed by atoms with E-state index in [0.29, 0.717) is 12.2 Å². The number of ether oxygens (including phenoxy) is 1. The van der Waals surface area contributed by atoms with E-state index in [1.165, 1.54) is 7.11 Å². The fraction of sp³-hybridized carbons (Fsp3) is 0.500. The molecule has 28 heavy (non-hydrogen) atoms. The van der Waals surface area contributed by atoms with Crippen LogP contribution in [0.2, 0.25) is 0 Å². The van der Waals surface area contributed by atoms with Crippen molar-refractivity contribution in [2.24, 2.45) is 5.92 Å². The monoisotopic (exact) mass is 387 g/mol. The lowest BCUT2D eigenvalue weighted by Gasteiger charge is -2.34. The highest BCUT2D eigenvalue weighted by atomic mass is 16.5. The van der Waals surface area contributed by atoms with Gasteiger partial charge in [-0.2, -0.15) is 0 Å². The van der Waals surface area contributed by atoms with E-state index in [-0.39, 0.29) is 18.5 Å². The second-order valence-corrected chi connectivity index (χ2v) is 7.27. The van der Waals surface area contributed by atoms with E-state index in [4.69, 9.17) is 4.74 Å². The van der Waals surface area contributed by atoms with Gasteiger partial charge in [-0.05, 0) is 24.8 Å². The maximum absolute atomic E-state index is 12.7. The van der Waals surface area contributed by atoms with Crippen molar-refractivity contribution in [1.29, 1.82) is 0 Å². The number of benzene rings is 1. The number of amides is 5. The Hall–Kier alpha value is -2.90. The molecule has 3 rings (SSSR count). The first kappa shape index (κ1) is 19.9. The van der Waals surface area contributed by atoms with Crippen LogP contribution in [0.4, 0.5) is 4.79 Å². The summed E-state index contributed by atoms with van der Waals surface area (Å²) in [5.74, 6) is -1.51. The number of urea groups is 1. The summed E-state index contributed by atoms with van der Waals surface area (Å²) in [6.07, 6.45) is 3.58. The molecular formula is C20H25N3O5. The fourth-order valence-electron chi connectivity index (χ4n) is 3.88. The lowest BCUT2D eigenvalue weighted by atomic mass is 9.85. The number of nitrogens with one attached hydrogen (secondary N) is 1. The van der Waals surface area contributed by atoms with Gasteiger partial charge in [-0.15, -0.1) is 0 Å². The molecule has 0 radical (unpaired) electrons. The molecule has 8 heteroatoms. The highest BCUT2D eigenvalue weighted by Gasteiger charge is 2.49. The van der Waals surface area contributed by atoms with Crippen molar-refractivity contribution in [1.82, 2.24) is 15.1 Å². The number of nitrogens with zero attached hydrogens (tertiary/aromatic N) is 2. The first-order valence-electron chi connectivity index (χ1n) is 9.51. The van der Waals surface area contributed by atoms with Crippen LogP contribution in [0, 0.1) is 5.92 Å². The standard InChI is InChI=1S/C20H25N3O5/c1-13-7-3-5-9-15(13)23-19(26)18(25)22(20(23)27)12-17(24)21-11-14-8-4-6-10-16(14)28-2/h4,6,8,10,13,15H,3,5,7,9,11-12H2,1-2H3,(H,21,24)/t13-,15-/m0/s1. The van der Waals surface area contributed by atoms with Crippen molar-refractivity contribution in [3.8, 4) is 5.75 Å². The van der Waals surface area contributed by atoms with Gasteiger partial charge in [-0.3, -0.25) is 19.3 Å². The minimum atomic E-state index is -0.935. The first-order chi connectivity index (χ1) is 13.4. The second kappa shape index (κ2) is 8.41. The predicted octanol–water partition coefficient (Wildman–Crippen LogP) is 1.68. The molecule has 1 aliphatic carbocycles. The number of hydrogen-bond donors (Lipinski definition) is 1. The average Bonchev–Trinajstić information content (AvgIpc) is 2.90. The Kier molecular flexibility index (Phi) is 5.96. The van der Waals surface area contributed by atoms with Crippen molar-refractivity contribution in [2.45, 2.75) is 45.2 Å². The van der Waals surface area contributed by atoms with Crippen molar-refractivity contribution in [2.75, 3.05) is 13.7 Å². The van der Waals surface area contributed by atoms with E-state index in [0.717, 1.165) is 34.6 Å². The molecule has 0 aromatic heterocycles. The minimum absolute atomic E-state index is 0.147. The van der Waals surface area contributed by atoms with Gasteiger partial charge in [0.05, 0.1) is 7.11 Å². The van der Waals surface area contributed by atoms with Gasteiger partial charge in [0.2, 0.25) is 5.91 Å². The Morgan fingerprint density at radius 2 is 1.86 bits per heavy atom. The molecule has 5 amide bonds. The van der Waals surface area contributed by atoms with E-state index in [9.17, 15) is 19.2 Å². The van der Waals surface area contributed by atoms with Gasteiger partial charge in [0.25, 0.3) is 0 Å². The zero-order chi connectivity index (χ0) is 20.3. The van der Waals surface area contributed by atoms with Gasteiger partial charge >= 0.3 is 17.8 Å². The summed E-state index contributed by atoms with van der Waals surface area (Å²) in [6, 6.07) is 6.25. The summed E-state index contributed by atoms with van der Waals surface area (Å²) in [7, 11) is 1.54. The zero-order valence-corrected chi connectivity index (χ0v) is 16.1. The summed E-state index contributed by atoms with van der Waals surface area (Å²) < 4.78 is 5.23. The third-order valence-corrected chi connectivity index (χ3v) is 5.45. The molecule has 1 aromatic carbocycles. The normalized spacial score (nSPS) is 22.6. The van der Waals surface area contributed by atoms with Gasteiger partial charge in [0.15, 0.2) is 0 Å². The lowest BCUT2D eigenvalue weighted by molar-refractivity contribution is -0.145. The van der Waals surface area contributed by atoms with Crippen molar-refractivity contribution < 1.29 is 23.9 Å². The van der Waals surface area contributed by atoms with Crippen molar-refractivity contribution >= 4 is 23.8 Å². The van der Waals surface area contributed by atoms with E-state index in [2.05, 4.69) is 5.32 Å². The first-order valence-corrected chi connectivity index (χ1v) is 9.51. The highest BCUT2D eigenvalue weighted by molar-refractivity contribution is 6.45. The molecule has 0 bridgehead atoms. The number of imide groups is 2. The summed E-state index contributed by atoms with van der Waals surface area (Å²) in [5.41, 5.74) is 0.770. The Morgan fingerprint density at radius 1 is 1.14 bits per heavy atom. The molecule has 2 aliphatic rings. The Balaban J connectivity index is 1.63. The van der Waals surface area contributed by atoms with E-state index >= 15 is 0 Å². The number of carbonyl (C=O) groups is 4. The zero-order valence-electron chi connectivity index (χ0n) is 16.1. The van der Waals surface area contributed by atoms with Gasteiger partial charge in [0.1, 0.15) is 12.3 Å². The molecule has 1 saturated carbocycles. The van der Waals surface area contributed by atoms with Crippen LogP contribution in [-0.4, -0.2) is 53.2 Å². The smallest absolute Gasteiger partial charge is 0.334 e. The summed E-state index contributed by atoms with van der Waals surface area (Å²) in [5, 5.41) is 2.66. The van der Waals surface area contributed by atoms with E-state index in [1.807, 2.05) is 19.1 Å². The SMILES string of the molecule is COc1ccccc1CNC(=O)CN1C(=O)C(=O)N([C@H]2CCCC[C@@H]2C)C1=O. The molecule has 0 unspecified atom stereocenters. The maximum Gasteiger partial charge on any atom is 0.334 e. The van der Waals surface area contributed by atoms with Crippen LogP contribution in [0.25, 0.3) is 0 Å². The van der Waals surface area contributed by atoms with Crippen LogP contribution in [0.5, 0.6) is 5.75 Å². The van der Waals surface area contributed by atoms with Crippen molar-refractivity contribution in [3.63, 3.8) is 0 Å². The van der Waals surface area contributed by atoms with Crippen LogP contribution in [0.3, 0.4) is 0 Å². The average molecular weight is 387 g/mol. The molecular weight excluding hydrogens is 362 g/mol. The maximum atomic E-state index is 12.7. The number of para-hydroxylation sites is 1. The molecule has 2 fully saturated rings. The summed E-state index contributed by atoms with van der Waals surface area (Å²) in [6.45, 7) is 1.70. The van der Waals surface area contributed by atoms with E-state index < -0.39 is 30.3 Å². The third-order valence-electron chi connectivity index (χ3n) is 5.45. The Bertz CT molecular complexity index is 794. The summed E-state index contributed by atoms with van der Waals surface area (Å²) in [4.78, 5) is 51.5. The van der Waals surface area contributed by atoms with Crippen LogP contribution in [0.1, 0.15) is 38.2 Å². The molecule has 1 aliphatic heterocycles. The third kappa shape index (κ3) is 3.85. The lowest BCUT2D eigenvalue weighted by Crippen LogP contribution is -2.47. The molecule has 1 heterocycles. The molecule has 0 spiro atoms. The summed E-state index contributed by atoms with van der Waals surface area (Å²) >= 11 is 0. The van der Waals surface area contributed by atoms with Gasteiger partial charge in [-0.1, -0.05) is 38.0 Å². The minimum Gasteiger partial charge on any atom is -0.496 e. The van der Waals surface area contributed by atoms with Crippen molar-refractivity contribution in [3.05, 3.63) is 29.8 Å². The fourth-order valence-corrected chi connectivity index (χ4v) is 3.88. The quantitative estimate of drug-likeness (QED) is 0.592. The van der Waals surface area contributed by atoms with Gasteiger partial charge in [0, 0.05) is 18.2 Å². The highest BCUT2D eigenvalue weighted by Crippen LogP contribution is 2.31. The number of methoxy groups -OCH3 is 1. The second-order valence-electron chi connectivity index (χ2n) is 7.27. The Morgan fingerprint density at radius 3 is 2.57 bits per heavy atom. The van der Waals surface area contributed by atoms with Crippen LogP contribution < -0.4 is 10.1 Å². The largest absolute Gasteiger partial charge is 0.496 e.